The van der Waals surface area contributed by atoms with Gasteiger partial charge in [0.2, 0.25) is 0 Å². The zero-order valence-electron chi connectivity index (χ0n) is 14.0. The van der Waals surface area contributed by atoms with Crippen LogP contribution in [0.2, 0.25) is 0 Å². The molecule has 0 aliphatic carbocycles. The van der Waals surface area contributed by atoms with Crippen molar-refractivity contribution in [3.63, 3.8) is 0 Å². The van der Waals surface area contributed by atoms with Crippen LogP contribution in [0.25, 0.3) is 11.1 Å². The number of nitrogens with one attached hydrogen (secondary N) is 2. The molecule has 0 amide bonds. The number of aromatic amines is 1. The number of nitrogens with zero attached hydrogens (tertiary/aromatic N) is 2. The van der Waals surface area contributed by atoms with Crippen molar-refractivity contribution in [2.45, 2.75) is 19.9 Å². The van der Waals surface area contributed by atoms with E-state index in [0.29, 0.717) is 11.6 Å². The maximum absolute atomic E-state index is 11.4. The summed E-state index contributed by atoms with van der Waals surface area (Å²) < 4.78 is 5.24. The van der Waals surface area contributed by atoms with Gasteiger partial charge in [-0.3, -0.25) is 14.8 Å². The van der Waals surface area contributed by atoms with Gasteiger partial charge in [-0.05, 0) is 30.8 Å². The molecule has 2 aromatic rings. The van der Waals surface area contributed by atoms with Crippen LogP contribution in [0.15, 0.2) is 27.4 Å². The van der Waals surface area contributed by atoms with Crippen LogP contribution in [0.3, 0.4) is 0 Å². The van der Waals surface area contributed by atoms with E-state index in [4.69, 9.17) is 4.42 Å². The van der Waals surface area contributed by atoms with E-state index < -0.39 is 5.76 Å². The molecule has 2 heterocycles. The molecular weight excluding hydrogens is 292 g/mol. The summed E-state index contributed by atoms with van der Waals surface area (Å²) in [6.07, 6.45) is 0. The van der Waals surface area contributed by atoms with Crippen molar-refractivity contribution in [1.29, 1.82) is 0 Å². The Morgan fingerprint density at radius 2 is 2.00 bits per heavy atom. The van der Waals surface area contributed by atoms with Crippen molar-refractivity contribution >= 4 is 11.1 Å². The third-order valence-electron chi connectivity index (χ3n) is 4.72. The summed E-state index contributed by atoms with van der Waals surface area (Å²) >= 11 is 0. The molecule has 0 radical (unpaired) electrons. The number of oxazole rings is 1. The SMILES string of the molecule is CCN(CC)C(CN1CCNCC1)c1ccc2[nH]c(=O)oc2c1. The fraction of sp³-hybridized carbons (Fsp3) is 0.588. The number of fused-ring (bicyclic) bond motifs is 1. The first-order valence-corrected chi connectivity index (χ1v) is 8.51. The molecular formula is C17H26N4O2. The van der Waals surface area contributed by atoms with Crippen molar-refractivity contribution in [1.82, 2.24) is 20.1 Å². The highest BCUT2D eigenvalue weighted by molar-refractivity contribution is 5.72. The Hall–Kier alpha value is -1.63. The van der Waals surface area contributed by atoms with E-state index in [2.05, 4.69) is 40.0 Å². The Labute approximate surface area is 136 Å². The molecule has 23 heavy (non-hydrogen) atoms. The van der Waals surface area contributed by atoms with Crippen molar-refractivity contribution < 1.29 is 4.42 Å². The molecule has 1 aromatic carbocycles. The van der Waals surface area contributed by atoms with Crippen LogP contribution in [-0.4, -0.2) is 60.6 Å². The van der Waals surface area contributed by atoms with Gasteiger partial charge in [0.05, 0.1) is 5.52 Å². The number of likely N-dealkylation sites (N-methyl/N-ethyl adjacent to an activating group) is 1. The Morgan fingerprint density at radius 3 is 2.70 bits per heavy atom. The van der Waals surface area contributed by atoms with Crippen LogP contribution in [0.5, 0.6) is 0 Å². The largest absolute Gasteiger partial charge is 0.417 e. The predicted octanol–water partition coefficient (Wildman–Crippen LogP) is 1.41. The second-order valence-corrected chi connectivity index (χ2v) is 6.06. The van der Waals surface area contributed by atoms with E-state index in [0.717, 1.165) is 51.3 Å². The monoisotopic (exact) mass is 318 g/mol. The summed E-state index contributed by atoms with van der Waals surface area (Å²) in [5.41, 5.74) is 2.62. The molecule has 126 valence electrons. The fourth-order valence-electron chi connectivity index (χ4n) is 3.40. The van der Waals surface area contributed by atoms with Crippen molar-refractivity contribution in [2.75, 3.05) is 45.8 Å². The Morgan fingerprint density at radius 1 is 1.26 bits per heavy atom. The topological polar surface area (TPSA) is 64.5 Å². The standard InChI is InChI=1S/C17H26N4O2/c1-3-21(4-2)15(12-20-9-7-18-8-10-20)13-5-6-14-16(11-13)23-17(22)19-14/h5-6,11,15,18H,3-4,7-10,12H2,1-2H3,(H,19,22). The van der Waals surface area contributed by atoms with E-state index in [9.17, 15) is 4.79 Å². The lowest BCUT2D eigenvalue weighted by atomic mass is 10.0. The Kier molecular flexibility index (Phi) is 5.15. The second kappa shape index (κ2) is 7.29. The lowest BCUT2D eigenvalue weighted by Crippen LogP contribution is -2.47. The number of H-pyrrole nitrogens is 1. The average Bonchev–Trinajstić information content (AvgIpc) is 2.95. The van der Waals surface area contributed by atoms with Gasteiger partial charge in [-0.15, -0.1) is 0 Å². The number of piperazine rings is 1. The average molecular weight is 318 g/mol. The summed E-state index contributed by atoms with van der Waals surface area (Å²) in [6.45, 7) is 11.7. The highest BCUT2D eigenvalue weighted by Crippen LogP contribution is 2.25. The third kappa shape index (κ3) is 3.65. The Bertz CT molecular complexity index is 683. The minimum atomic E-state index is -0.390. The van der Waals surface area contributed by atoms with Gasteiger partial charge in [-0.1, -0.05) is 19.9 Å². The number of benzene rings is 1. The second-order valence-electron chi connectivity index (χ2n) is 6.06. The molecule has 1 atom stereocenters. The number of hydrogen-bond acceptors (Lipinski definition) is 5. The normalized spacial score (nSPS) is 17.9. The van der Waals surface area contributed by atoms with E-state index in [-0.39, 0.29) is 0 Å². The zero-order chi connectivity index (χ0) is 16.2. The number of rotatable bonds is 6. The first kappa shape index (κ1) is 16.2. The number of aromatic nitrogens is 1. The van der Waals surface area contributed by atoms with Crippen LogP contribution < -0.4 is 11.1 Å². The van der Waals surface area contributed by atoms with Gasteiger partial charge in [0.25, 0.3) is 0 Å². The highest BCUT2D eigenvalue weighted by atomic mass is 16.4. The summed E-state index contributed by atoms with van der Waals surface area (Å²) in [4.78, 5) is 19.1. The molecule has 0 spiro atoms. The summed E-state index contributed by atoms with van der Waals surface area (Å²) in [5.74, 6) is -0.390. The van der Waals surface area contributed by atoms with Crippen molar-refractivity contribution in [3.8, 4) is 0 Å². The van der Waals surface area contributed by atoms with Crippen LogP contribution in [0.1, 0.15) is 25.5 Å². The molecule has 1 aliphatic heterocycles. The summed E-state index contributed by atoms with van der Waals surface area (Å²) in [6, 6.07) is 6.38. The quantitative estimate of drug-likeness (QED) is 0.843. The fourth-order valence-corrected chi connectivity index (χ4v) is 3.40. The van der Waals surface area contributed by atoms with Crippen LogP contribution >= 0.6 is 0 Å². The predicted molar refractivity (Wildman–Crippen MR) is 91.8 cm³/mol. The molecule has 0 bridgehead atoms. The lowest BCUT2D eigenvalue weighted by Gasteiger charge is -2.36. The lowest BCUT2D eigenvalue weighted by molar-refractivity contribution is 0.138. The minimum Gasteiger partial charge on any atom is -0.408 e. The van der Waals surface area contributed by atoms with Crippen LogP contribution in [-0.2, 0) is 0 Å². The van der Waals surface area contributed by atoms with E-state index in [1.807, 2.05) is 12.1 Å². The molecule has 6 heteroatoms. The molecule has 1 unspecified atom stereocenters. The molecule has 1 aromatic heterocycles. The van der Waals surface area contributed by atoms with Gasteiger partial charge < -0.3 is 9.73 Å². The van der Waals surface area contributed by atoms with Gasteiger partial charge in [0.1, 0.15) is 0 Å². The van der Waals surface area contributed by atoms with Crippen molar-refractivity contribution in [3.05, 3.63) is 34.3 Å². The van der Waals surface area contributed by atoms with E-state index in [1.165, 1.54) is 5.56 Å². The van der Waals surface area contributed by atoms with E-state index in [1.54, 1.807) is 0 Å². The first-order chi connectivity index (χ1) is 11.2. The zero-order valence-corrected chi connectivity index (χ0v) is 14.0. The highest BCUT2D eigenvalue weighted by Gasteiger charge is 2.23. The summed E-state index contributed by atoms with van der Waals surface area (Å²) in [5, 5.41) is 3.40. The van der Waals surface area contributed by atoms with E-state index >= 15 is 0 Å². The van der Waals surface area contributed by atoms with Crippen LogP contribution in [0.4, 0.5) is 0 Å². The van der Waals surface area contributed by atoms with Gasteiger partial charge in [0.15, 0.2) is 5.58 Å². The maximum atomic E-state index is 11.4. The molecule has 1 fully saturated rings. The van der Waals surface area contributed by atoms with Crippen molar-refractivity contribution in [2.24, 2.45) is 0 Å². The molecule has 1 aliphatic rings. The minimum absolute atomic E-state index is 0.313. The maximum Gasteiger partial charge on any atom is 0.417 e. The molecule has 0 saturated carbocycles. The van der Waals surface area contributed by atoms with Gasteiger partial charge >= 0.3 is 5.76 Å². The van der Waals surface area contributed by atoms with Gasteiger partial charge in [-0.25, -0.2) is 4.79 Å². The Balaban J connectivity index is 1.89. The third-order valence-corrected chi connectivity index (χ3v) is 4.72. The molecule has 3 rings (SSSR count). The molecule has 1 saturated heterocycles. The molecule has 2 N–H and O–H groups in total. The smallest absolute Gasteiger partial charge is 0.408 e. The van der Waals surface area contributed by atoms with Gasteiger partial charge in [0, 0.05) is 38.8 Å². The number of hydrogen-bond donors (Lipinski definition) is 2. The summed E-state index contributed by atoms with van der Waals surface area (Å²) in [7, 11) is 0. The molecule has 6 nitrogen and oxygen atoms in total. The van der Waals surface area contributed by atoms with Crippen LogP contribution in [0, 0.1) is 0 Å². The first-order valence-electron chi connectivity index (χ1n) is 8.51. The van der Waals surface area contributed by atoms with Gasteiger partial charge in [-0.2, -0.15) is 0 Å².